The lowest BCUT2D eigenvalue weighted by atomic mass is 9.99. The average molecular weight is 256 g/mol. The molecule has 1 N–H and O–H groups in total. The third kappa shape index (κ3) is 2.38. The molecule has 0 aliphatic heterocycles. The van der Waals surface area contributed by atoms with Crippen molar-refractivity contribution in [2.45, 2.75) is 26.3 Å². The van der Waals surface area contributed by atoms with Gasteiger partial charge in [0.1, 0.15) is 0 Å². The van der Waals surface area contributed by atoms with Crippen LogP contribution in [0, 0.1) is 12.8 Å². The van der Waals surface area contributed by atoms with Gasteiger partial charge in [0.2, 0.25) is 0 Å². The van der Waals surface area contributed by atoms with Crippen molar-refractivity contribution in [1.82, 2.24) is 9.78 Å². The molecular weight excluding hydrogens is 240 g/mol. The van der Waals surface area contributed by atoms with E-state index in [9.17, 15) is 4.79 Å². The summed E-state index contributed by atoms with van der Waals surface area (Å²) in [6, 6.07) is 5.36. The molecular formula is C15H16N2O2. The summed E-state index contributed by atoms with van der Waals surface area (Å²) in [6.07, 6.45) is 6.41. The molecule has 0 unspecified atom stereocenters. The Morgan fingerprint density at radius 3 is 2.95 bits per heavy atom. The molecule has 4 heteroatoms. The first-order chi connectivity index (χ1) is 9.15. The third-order valence-electron chi connectivity index (χ3n) is 3.65. The molecule has 0 radical (unpaired) electrons. The predicted molar refractivity (Wildman–Crippen MR) is 72.1 cm³/mol. The summed E-state index contributed by atoms with van der Waals surface area (Å²) in [6.45, 7) is 2.81. The van der Waals surface area contributed by atoms with Gasteiger partial charge in [0, 0.05) is 18.3 Å². The molecule has 0 saturated heterocycles. The number of benzene rings is 1. The summed E-state index contributed by atoms with van der Waals surface area (Å²) < 4.78 is 1.96. The monoisotopic (exact) mass is 256 g/mol. The normalized spacial score (nSPS) is 14.6. The Labute approximate surface area is 111 Å². The van der Waals surface area contributed by atoms with Gasteiger partial charge in [0.25, 0.3) is 0 Å². The Bertz CT molecular complexity index is 627. The highest BCUT2D eigenvalue weighted by Gasteiger charge is 2.22. The third-order valence-corrected chi connectivity index (χ3v) is 3.65. The standard InChI is InChI=1S/C15H16N2O2/c1-10-13(3-2-4-14(10)15(18)19)12-7-16-17(9-12)8-11-5-6-11/h2-4,7,9,11H,5-6,8H2,1H3,(H,18,19). The summed E-state index contributed by atoms with van der Waals surface area (Å²) in [7, 11) is 0. The average Bonchev–Trinajstić information content (AvgIpc) is 3.06. The Morgan fingerprint density at radius 1 is 1.47 bits per heavy atom. The van der Waals surface area contributed by atoms with Crippen LogP contribution in [0.5, 0.6) is 0 Å². The van der Waals surface area contributed by atoms with Crippen molar-refractivity contribution in [1.29, 1.82) is 0 Å². The van der Waals surface area contributed by atoms with E-state index in [1.807, 2.05) is 30.1 Å². The number of rotatable bonds is 4. The lowest BCUT2D eigenvalue weighted by molar-refractivity contribution is 0.0696. The second-order valence-corrected chi connectivity index (χ2v) is 5.18. The summed E-state index contributed by atoms with van der Waals surface area (Å²) in [5.41, 5.74) is 3.08. The molecule has 1 aliphatic rings. The van der Waals surface area contributed by atoms with Gasteiger partial charge in [-0.05, 0) is 42.9 Å². The van der Waals surface area contributed by atoms with E-state index >= 15 is 0 Å². The molecule has 1 saturated carbocycles. The highest BCUT2D eigenvalue weighted by atomic mass is 16.4. The minimum atomic E-state index is -0.885. The SMILES string of the molecule is Cc1c(C(=O)O)cccc1-c1cnn(CC2CC2)c1. The van der Waals surface area contributed by atoms with Crippen LogP contribution in [0.4, 0.5) is 0 Å². The van der Waals surface area contributed by atoms with Crippen LogP contribution in [-0.2, 0) is 6.54 Å². The number of carboxylic acid groups (broad SMARTS) is 1. The van der Waals surface area contributed by atoms with Crippen LogP contribution in [0.2, 0.25) is 0 Å². The van der Waals surface area contributed by atoms with Crippen molar-refractivity contribution in [2.75, 3.05) is 0 Å². The molecule has 19 heavy (non-hydrogen) atoms. The minimum Gasteiger partial charge on any atom is -0.478 e. The van der Waals surface area contributed by atoms with E-state index in [0.29, 0.717) is 5.56 Å². The first-order valence-corrected chi connectivity index (χ1v) is 6.51. The smallest absolute Gasteiger partial charge is 0.335 e. The summed E-state index contributed by atoms with van der Waals surface area (Å²) in [5.74, 6) is -0.107. The molecule has 0 atom stereocenters. The molecule has 1 aliphatic carbocycles. The first kappa shape index (κ1) is 12.0. The van der Waals surface area contributed by atoms with Gasteiger partial charge in [-0.2, -0.15) is 5.10 Å². The maximum atomic E-state index is 11.1. The Hall–Kier alpha value is -2.10. The van der Waals surface area contributed by atoms with E-state index < -0.39 is 5.97 Å². The van der Waals surface area contributed by atoms with E-state index in [0.717, 1.165) is 29.2 Å². The van der Waals surface area contributed by atoms with Gasteiger partial charge < -0.3 is 5.11 Å². The molecule has 0 spiro atoms. The van der Waals surface area contributed by atoms with Crippen LogP contribution in [0.15, 0.2) is 30.6 Å². The molecule has 0 amide bonds. The second-order valence-electron chi connectivity index (χ2n) is 5.18. The fraction of sp³-hybridized carbons (Fsp3) is 0.333. The Balaban J connectivity index is 1.94. The number of hydrogen-bond acceptors (Lipinski definition) is 2. The fourth-order valence-electron chi connectivity index (χ4n) is 2.35. The maximum absolute atomic E-state index is 11.1. The van der Waals surface area contributed by atoms with Crippen molar-refractivity contribution < 1.29 is 9.90 Å². The van der Waals surface area contributed by atoms with Crippen LogP contribution >= 0.6 is 0 Å². The number of carboxylic acids is 1. The molecule has 3 rings (SSSR count). The summed E-state index contributed by atoms with van der Waals surface area (Å²) in [4.78, 5) is 11.1. The predicted octanol–water partition coefficient (Wildman–Crippen LogP) is 2.97. The van der Waals surface area contributed by atoms with E-state index in [1.165, 1.54) is 12.8 Å². The maximum Gasteiger partial charge on any atom is 0.335 e. The van der Waals surface area contributed by atoms with E-state index in [2.05, 4.69) is 5.10 Å². The van der Waals surface area contributed by atoms with Gasteiger partial charge in [-0.1, -0.05) is 12.1 Å². The quantitative estimate of drug-likeness (QED) is 0.915. The first-order valence-electron chi connectivity index (χ1n) is 6.51. The molecule has 98 valence electrons. The second kappa shape index (κ2) is 4.53. The van der Waals surface area contributed by atoms with Gasteiger partial charge in [-0.3, -0.25) is 4.68 Å². The van der Waals surface area contributed by atoms with Crippen LogP contribution in [-0.4, -0.2) is 20.9 Å². The lowest BCUT2D eigenvalue weighted by Gasteiger charge is -2.06. The number of carbonyl (C=O) groups is 1. The summed E-state index contributed by atoms with van der Waals surface area (Å²) >= 11 is 0. The van der Waals surface area contributed by atoms with Crippen LogP contribution < -0.4 is 0 Å². The van der Waals surface area contributed by atoms with Gasteiger partial charge >= 0.3 is 5.97 Å². The molecule has 0 bridgehead atoms. The molecule has 1 aromatic carbocycles. The van der Waals surface area contributed by atoms with Crippen LogP contribution in [0.1, 0.15) is 28.8 Å². The van der Waals surface area contributed by atoms with Crippen molar-refractivity contribution in [2.24, 2.45) is 5.92 Å². The Kier molecular flexibility index (Phi) is 2.85. The topological polar surface area (TPSA) is 55.1 Å². The van der Waals surface area contributed by atoms with Crippen molar-refractivity contribution >= 4 is 5.97 Å². The Morgan fingerprint density at radius 2 is 2.26 bits per heavy atom. The van der Waals surface area contributed by atoms with Gasteiger partial charge in [-0.15, -0.1) is 0 Å². The molecule has 1 fully saturated rings. The highest BCUT2D eigenvalue weighted by molar-refractivity contribution is 5.91. The zero-order valence-corrected chi connectivity index (χ0v) is 10.8. The van der Waals surface area contributed by atoms with Crippen LogP contribution in [0.3, 0.4) is 0 Å². The van der Waals surface area contributed by atoms with Gasteiger partial charge in [0.15, 0.2) is 0 Å². The van der Waals surface area contributed by atoms with Gasteiger partial charge in [-0.25, -0.2) is 4.79 Å². The molecule has 1 heterocycles. The number of aromatic nitrogens is 2. The number of aromatic carboxylic acids is 1. The zero-order chi connectivity index (χ0) is 13.4. The minimum absolute atomic E-state index is 0.354. The molecule has 4 nitrogen and oxygen atoms in total. The van der Waals surface area contributed by atoms with E-state index in [1.54, 1.807) is 12.1 Å². The lowest BCUT2D eigenvalue weighted by Crippen LogP contribution is -2.00. The highest BCUT2D eigenvalue weighted by Crippen LogP contribution is 2.31. The fourth-order valence-corrected chi connectivity index (χ4v) is 2.35. The van der Waals surface area contributed by atoms with E-state index in [-0.39, 0.29) is 0 Å². The van der Waals surface area contributed by atoms with Crippen LogP contribution in [0.25, 0.3) is 11.1 Å². The van der Waals surface area contributed by atoms with Crippen molar-refractivity contribution in [3.8, 4) is 11.1 Å². The molecule has 2 aromatic rings. The van der Waals surface area contributed by atoms with Crippen molar-refractivity contribution in [3.05, 3.63) is 41.7 Å². The van der Waals surface area contributed by atoms with Crippen molar-refractivity contribution in [3.63, 3.8) is 0 Å². The largest absolute Gasteiger partial charge is 0.478 e. The molecule has 1 aromatic heterocycles. The number of nitrogens with zero attached hydrogens (tertiary/aromatic N) is 2. The summed E-state index contributed by atoms with van der Waals surface area (Å²) in [5, 5.41) is 13.5. The van der Waals surface area contributed by atoms with E-state index in [4.69, 9.17) is 5.11 Å². The van der Waals surface area contributed by atoms with Gasteiger partial charge in [0.05, 0.1) is 11.8 Å². The zero-order valence-electron chi connectivity index (χ0n) is 10.8. The number of hydrogen-bond donors (Lipinski definition) is 1.